The SMILES string of the molecule is CN1CCCN(CCC2CCCC2=O)CC1. The molecule has 2 aliphatic rings. The van der Waals surface area contributed by atoms with Gasteiger partial charge in [0.25, 0.3) is 0 Å². The number of Topliss-reactive ketones (excluding diaryl/α,β-unsaturated/α-hetero) is 1. The van der Waals surface area contributed by atoms with E-state index >= 15 is 0 Å². The molecule has 0 spiro atoms. The van der Waals surface area contributed by atoms with Gasteiger partial charge in [0.1, 0.15) is 5.78 Å². The summed E-state index contributed by atoms with van der Waals surface area (Å²) in [6, 6.07) is 0. The highest BCUT2D eigenvalue weighted by Crippen LogP contribution is 2.24. The lowest BCUT2D eigenvalue weighted by atomic mass is 10.0. The Balaban J connectivity index is 1.70. The van der Waals surface area contributed by atoms with Gasteiger partial charge in [-0.25, -0.2) is 0 Å². The first-order valence-corrected chi connectivity index (χ1v) is 6.69. The number of ketones is 1. The summed E-state index contributed by atoms with van der Waals surface area (Å²) in [6.45, 7) is 5.92. The Hall–Kier alpha value is -0.410. The molecule has 1 aliphatic carbocycles. The Labute approximate surface area is 98.8 Å². The number of hydrogen-bond acceptors (Lipinski definition) is 3. The molecule has 1 heterocycles. The maximum absolute atomic E-state index is 11.5. The molecule has 0 aromatic rings. The predicted molar refractivity (Wildman–Crippen MR) is 65.5 cm³/mol. The summed E-state index contributed by atoms with van der Waals surface area (Å²) in [5, 5.41) is 0. The average molecular weight is 224 g/mol. The van der Waals surface area contributed by atoms with Gasteiger partial charge in [0.05, 0.1) is 0 Å². The maximum Gasteiger partial charge on any atom is 0.136 e. The molecule has 1 atom stereocenters. The molecule has 0 aromatic heterocycles. The molecule has 1 saturated carbocycles. The summed E-state index contributed by atoms with van der Waals surface area (Å²) in [5.74, 6) is 0.910. The van der Waals surface area contributed by atoms with Crippen LogP contribution in [0.2, 0.25) is 0 Å². The fraction of sp³-hybridized carbons (Fsp3) is 0.923. The van der Waals surface area contributed by atoms with Gasteiger partial charge in [0, 0.05) is 25.4 Å². The zero-order valence-corrected chi connectivity index (χ0v) is 10.5. The van der Waals surface area contributed by atoms with Crippen LogP contribution in [0, 0.1) is 5.92 Å². The standard InChI is InChI=1S/C13H24N2O/c1-14-7-3-8-15(11-10-14)9-6-12-4-2-5-13(12)16/h12H,2-11H2,1H3. The van der Waals surface area contributed by atoms with Gasteiger partial charge in [-0.05, 0) is 52.4 Å². The van der Waals surface area contributed by atoms with Crippen molar-refractivity contribution in [2.24, 2.45) is 5.92 Å². The molecule has 1 aliphatic heterocycles. The molecule has 1 unspecified atom stereocenters. The molecular weight excluding hydrogens is 200 g/mol. The molecule has 0 radical (unpaired) electrons. The topological polar surface area (TPSA) is 23.6 Å². The van der Waals surface area contributed by atoms with E-state index in [-0.39, 0.29) is 0 Å². The van der Waals surface area contributed by atoms with E-state index in [0.29, 0.717) is 11.7 Å². The number of nitrogens with zero attached hydrogens (tertiary/aromatic N) is 2. The Morgan fingerprint density at radius 1 is 1.19 bits per heavy atom. The van der Waals surface area contributed by atoms with E-state index in [4.69, 9.17) is 0 Å². The zero-order valence-electron chi connectivity index (χ0n) is 10.5. The van der Waals surface area contributed by atoms with Crippen LogP contribution in [-0.4, -0.2) is 55.4 Å². The van der Waals surface area contributed by atoms with Crippen LogP contribution < -0.4 is 0 Å². The van der Waals surface area contributed by atoms with E-state index in [1.807, 2.05) is 0 Å². The average Bonchev–Trinajstić information content (AvgIpc) is 2.55. The van der Waals surface area contributed by atoms with E-state index in [0.717, 1.165) is 32.2 Å². The van der Waals surface area contributed by atoms with E-state index in [2.05, 4.69) is 16.8 Å². The summed E-state index contributed by atoms with van der Waals surface area (Å²) in [4.78, 5) is 16.5. The van der Waals surface area contributed by atoms with Crippen molar-refractivity contribution in [2.45, 2.75) is 32.1 Å². The highest BCUT2D eigenvalue weighted by molar-refractivity contribution is 5.82. The van der Waals surface area contributed by atoms with Crippen LogP contribution in [0.5, 0.6) is 0 Å². The largest absolute Gasteiger partial charge is 0.305 e. The van der Waals surface area contributed by atoms with Crippen molar-refractivity contribution in [2.75, 3.05) is 39.8 Å². The number of carbonyl (C=O) groups is 1. The Morgan fingerprint density at radius 2 is 2.06 bits per heavy atom. The lowest BCUT2D eigenvalue weighted by Gasteiger charge is -2.21. The van der Waals surface area contributed by atoms with Crippen molar-refractivity contribution in [1.82, 2.24) is 9.80 Å². The minimum absolute atomic E-state index is 0.390. The van der Waals surface area contributed by atoms with Crippen LogP contribution >= 0.6 is 0 Å². The number of likely N-dealkylation sites (N-methyl/N-ethyl adjacent to an activating group) is 1. The van der Waals surface area contributed by atoms with Gasteiger partial charge in [-0.2, -0.15) is 0 Å². The second-order valence-corrected chi connectivity index (χ2v) is 5.34. The fourth-order valence-electron chi connectivity index (χ4n) is 2.86. The molecular formula is C13H24N2O. The van der Waals surface area contributed by atoms with Crippen molar-refractivity contribution in [3.63, 3.8) is 0 Å². The molecule has 0 bridgehead atoms. The van der Waals surface area contributed by atoms with E-state index in [1.54, 1.807) is 0 Å². The van der Waals surface area contributed by atoms with Crippen LogP contribution in [0.25, 0.3) is 0 Å². The third-order valence-corrected chi connectivity index (χ3v) is 4.04. The number of carbonyl (C=O) groups excluding carboxylic acids is 1. The van der Waals surface area contributed by atoms with Gasteiger partial charge in [-0.15, -0.1) is 0 Å². The molecule has 92 valence electrons. The zero-order chi connectivity index (χ0) is 11.4. The van der Waals surface area contributed by atoms with E-state index < -0.39 is 0 Å². The Morgan fingerprint density at radius 3 is 2.81 bits per heavy atom. The predicted octanol–water partition coefficient (Wildman–Crippen LogP) is 1.38. The first-order valence-electron chi connectivity index (χ1n) is 6.69. The van der Waals surface area contributed by atoms with Crippen LogP contribution in [0.4, 0.5) is 0 Å². The number of rotatable bonds is 3. The van der Waals surface area contributed by atoms with Crippen LogP contribution in [-0.2, 0) is 4.79 Å². The first-order chi connectivity index (χ1) is 7.75. The molecule has 16 heavy (non-hydrogen) atoms. The van der Waals surface area contributed by atoms with Crippen molar-refractivity contribution in [1.29, 1.82) is 0 Å². The third kappa shape index (κ3) is 3.29. The lowest BCUT2D eigenvalue weighted by Crippen LogP contribution is -2.31. The highest BCUT2D eigenvalue weighted by atomic mass is 16.1. The summed E-state index contributed by atoms with van der Waals surface area (Å²) >= 11 is 0. The van der Waals surface area contributed by atoms with Gasteiger partial charge >= 0.3 is 0 Å². The Bertz CT molecular complexity index is 242. The molecule has 2 fully saturated rings. The van der Waals surface area contributed by atoms with Crippen molar-refractivity contribution in [3.05, 3.63) is 0 Å². The highest BCUT2D eigenvalue weighted by Gasteiger charge is 2.24. The van der Waals surface area contributed by atoms with Gasteiger partial charge in [0.2, 0.25) is 0 Å². The van der Waals surface area contributed by atoms with Gasteiger partial charge in [0.15, 0.2) is 0 Å². The summed E-state index contributed by atoms with van der Waals surface area (Å²) < 4.78 is 0. The van der Waals surface area contributed by atoms with Crippen LogP contribution in [0.3, 0.4) is 0 Å². The number of hydrogen-bond donors (Lipinski definition) is 0. The quantitative estimate of drug-likeness (QED) is 0.723. The van der Waals surface area contributed by atoms with Crippen LogP contribution in [0.1, 0.15) is 32.1 Å². The lowest BCUT2D eigenvalue weighted by molar-refractivity contribution is -0.120. The minimum atomic E-state index is 0.390. The molecule has 3 nitrogen and oxygen atoms in total. The van der Waals surface area contributed by atoms with Crippen molar-refractivity contribution >= 4 is 5.78 Å². The normalized spacial score (nSPS) is 29.6. The molecule has 1 saturated heterocycles. The third-order valence-electron chi connectivity index (χ3n) is 4.04. The van der Waals surface area contributed by atoms with Crippen LogP contribution in [0.15, 0.2) is 0 Å². The molecule has 0 amide bonds. The smallest absolute Gasteiger partial charge is 0.136 e. The summed E-state index contributed by atoms with van der Waals surface area (Å²) in [5.41, 5.74) is 0. The molecule has 3 heteroatoms. The van der Waals surface area contributed by atoms with Crippen molar-refractivity contribution < 1.29 is 4.79 Å². The molecule has 0 aromatic carbocycles. The monoisotopic (exact) mass is 224 g/mol. The summed E-state index contributed by atoms with van der Waals surface area (Å²) in [6.07, 6.45) is 5.49. The maximum atomic E-state index is 11.5. The van der Waals surface area contributed by atoms with Gasteiger partial charge in [-0.3, -0.25) is 4.79 Å². The van der Waals surface area contributed by atoms with Crippen molar-refractivity contribution in [3.8, 4) is 0 Å². The molecule has 2 rings (SSSR count). The van der Waals surface area contributed by atoms with Gasteiger partial charge in [-0.1, -0.05) is 0 Å². The molecule has 0 N–H and O–H groups in total. The first kappa shape index (κ1) is 12.1. The van der Waals surface area contributed by atoms with E-state index in [9.17, 15) is 4.79 Å². The second kappa shape index (κ2) is 5.78. The second-order valence-electron chi connectivity index (χ2n) is 5.34. The Kier molecular flexibility index (Phi) is 4.36. The fourth-order valence-corrected chi connectivity index (χ4v) is 2.86. The minimum Gasteiger partial charge on any atom is -0.305 e. The summed E-state index contributed by atoms with van der Waals surface area (Å²) in [7, 11) is 2.20. The van der Waals surface area contributed by atoms with E-state index in [1.165, 1.54) is 32.6 Å². The van der Waals surface area contributed by atoms with Gasteiger partial charge < -0.3 is 9.80 Å².